The monoisotopic (exact) mass is 415 g/mol. The van der Waals surface area contributed by atoms with Gasteiger partial charge in [-0.2, -0.15) is 13.2 Å². The standard InChI is InChI=1S/C22H20F3N3O2/c23-22(24,25)18-10-8-16(9-11-18)19-14-28-20(15-27-19)26-12-4-5-13-30-21(29)17-6-2-1-3-7-17/h1-3,6-11,14-15H,4-5,12-13H2,(H,26,28). The first kappa shape index (κ1) is 21.3. The van der Waals surface area contributed by atoms with Crippen LogP contribution in [0.25, 0.3) is 11.3 Å². The van der Waals surface area contributed by atoms with Gasteiger partial charge in [-0.1, -0.05) is 30.3 Å². The molecular weight excluding hydrogens is 395 g/mol. The number of halogens is 3. The van der Waals surface area contributed by atoms with Crippen molar-refractivity contribution >= 4 is 11.8 Å². The fourth-order valence-electron chi connectivity index (χ4n) is 2.66. The van der Waals surface area contributed by atoms with Gasteiger partial charge < -0.3 is 10.1 Å². The van der Waals surface area contributed by atoms with Crippen molar-refractivity contribution in [1.29, 1.82) is 0 Å². The van der Waals surface area contributed by atoms with Gasteiger partial charge in [-0.3, -0.25) is 4.98 Å². The lowest BCUT2D eigenvalue weighted by Gasteiger charge is -2.08. The molecule has 1 heterocycles. The molecule has 0 aliphatic heterocycles. The third-order valence-corrected chi connectivity index (χ3v) is 4.28. The van der Waals surface area contributed by atoms with Crippen LogP contribution in [0.4, 0.5) is 19.0 Å². The number of benzene rings is 2. The van der Waals surface area contributed by atoms with E-state index < -0.39 is 11.7 Å². The molecule has 2 aromatic carbocycles. The number of nitrogens with zero attached hydrogens (tertiary/aromatic N) is 2. The highest BCUT2D eigenvalue weighted by Gasteiger charge is 2.30. The Hall–Kier alpha value is -3.42. The minimum Gasteiger partial charge on any atom is -0.462 e. The maximum absolute atomic E-state index is 12.6. The van der Waals surface area contributed by atoms with Gasteiger partial charge in [-0.05, 0) is 37.1 Å². The summed E-state index contributed by atoms with van der Waals surface area (Å²) in [5.41, 5.74) is 0.871. The van der Waals surface area contributed by atoms with Crippen LogP contribution in [0.2, 0.25) is 0 Å². The Morgan fingerprint density at radius 2 is 1.67 bits per heavy atom. The summed E-state index contributed by atoms with van der Waals surface area (Å²) in [6.45, 7) is 0.950. The van der Waals surface area contributed by atoms with Gasteiger partial charge in [0.25, 0.3) is 0 Å². The molecule has 0 unspecified atom stereocenters. The molecule has 0 radical (unpaired) electrons. The molecular formula is C22H20F3N3O2. The molecule has 3 aromatic rings. The summed E-state index contributed by atoms with van der Waals surface area (Å²) in [6.07, 6.45) is 0.139. The molecule has 0 fully saturated rings. The minimum absolute atomic E-state index is 0.327. The number of aromatic nitrogens is 2. The van der Waals surface area contributed by atoms with Gasteiger partial charge in [0.05, 0.1) is 35.8 Å². The summed E-state index contributed by atoms with van der Waals surface area (Å²) >= 11 is 0. The fraction of sp³-hybridized carbons (Fsp3) is 0.227. The van der Waals surface area contributed by atoms with Gasteiger partial charge in [0.15, 0.2) is 0 Å². The van der Waals surface area contributed by atoms with Gasteiger partial charge in [0.1, 0.15) is 5.82 Å². The average molecular weight is 415 g/mol. The zero-order valence-electron chi connectivity index (χ0n) is 16.0. The van der Waals surface area contributed by atoms with Crippen molar-refractivity contribution in [2.24, 2.45) is 0 Å². The highest BCUT2D eigenvalue weighted by Crippen LogP contribution is 2.30. The van der Waals surface area contributed by atoms with E-state index in [4.69, 9.17) is 4.74 Å². The SMILES string of the molecule is O=C(OCCCCNc1cnc(-c2ccc(C(F)(F)F)cc2)cn1)c1ccccc1. The lowest BCUT2D eigenvalue weighted by atomic mass is 10.1. The van der Waals surface area contributed by atoms with E-state index in [-0.39, 0.29) is 5.97 Å². The van der Waals surface area contributed by atoms with Crippen LogP contribution < -0.4 is 5.32 Å². The first-order valence-corrected chi connectivity index (χ1v) is 9.39. The topological polar surface area (TPSA) is 64.1 Å². The van der Waals surface area contributed by atoms with Crippen LogP contribution in [-0.2, 0) is 10.9 Å². The Morgan fingerprint density at radius 3 is 2.30 bits per heavy atom. The summed E-state index contributed by atoms with van der Waals surface area (Å²) in [5, 5.41) is 3.11. The van der Waals surface area contributed by atoms with Crippen LogP contribution in [0.15, 0.2) is 67.0 Å². The Kier molecular flexibility index (Phi) is 7.00. The highest BCUT2D eigenvalue weighted by molar-refractivity contribution is 5.89. The van der Waals surface area contributed by atoms with Gasteiger partial charge >= 0.3 is 12.1 Å². The second kappa shape index (κ2) is 9.87. The van der Waals surface area contributed by atoms with Crippen molar-refractivity contribution in [2.45, 2.75) is 19.0 Å². The van der Waals surface area contributed by atoms with Crippen molar-refractivity contribution < 1.29 is 22.7 Å². The molecule has 0 saturated heterocycles. The second-order valence-electron chi connectivity index (χ2n) is 6.50. The Morgan fingerprint density at radius 1 is 0.933 bits per heavy atom. The minimum atomic E-state index is -4.36. The molecule has 1 aromatic heterocycles. The third-order valence-electron chi connectivity index (χ3n) is 4.28. The molecule has 0 bridgehead atoms. The first-order valence-electron chi connectivity index (χ1n) is 9.39. The number of esters is 1. The zero-order valence-corrected chi connectivity index (χ0v) is 16.0. The maximum atomic E-state index is 12.6. The largest absolute Gasteiger partial charge is 0.462 e. The second-order valence-corrected chi connectivity index (χ2v) is 6.50. The Balaban J connectivity index is 1.39. The molecule has 0 aliphatic carbocycles. The van der Waals surface area contributed by atoms with Crippen LogP contribution in [0.5, 0.6) is 0 Å². The quantitative estimate of drug-likeness (QED) is 0.404. The van der Waals surface area contributed by atoms with Gasteiger partial charge in [0, 0.05) is 12.1 Å². The first-order chi connectivity index (χ1) is 14.4. The molecule has 3 rings (SSSR count). The van der Waals surface area contributed by atoms with Gasteiger partial charge in [-0.15, -0.1) is 0 Å². The zero-order chi connectivity index (χ0) is 21.4. The number of ether oxygens (including phenoxy) is 1. The van der Waals surface area contributed by atoms with Crippen molar-refractivity contribution in [2.75, 3.05) is 18.5 Å². The molecule has 8 heteroatoms. The molecule has 156 valence electrons. The van der Waals surface area contributed by atoms with E-state index in [9.17, 15) is 18.0 Å². The Labute approximate surface area is 171 Å². The van der Waals surface area contributed by atoms with Gasteiger partial charge in [0.2, 0.25) is 0 Å². The number of alkyl halides is 3. The predicted molar refractivity (Wildman–Crippen MR) is 107 cm³/mol. The molecule has 5 nitrogen and oxygen atoms in total. The van der Waals surface area contributed by atoms with Gasteiger partial charge in [-0.25, -0.2) is 9.78 Å². The van der Waals surface area contributed by atoms with E-state index >= 15 is 0 Å². The molecule has 0 atom stereocenters. The van der Waals surface area contributed by atoms with Crippen molar-refractivity contribution in [3.8, 4) is 11.3 Å². The van der Waals surface area contributed by atoms with Crippen LogP contribution in [0, 0.1) is 0 Å². The Bertz CT molecular complexity index is 944. The van der Waals surface area contributed by atoms with Crippen LogP contribution in [-0.4, -0.2) is 29.1 Å². The molecule has 0 saturated carbocycles. The van der Waals surface area contributed by atoms with Crippen molar-refractivity contribution in [1.82, 2.24) is 9.97 Å². The number of carbonyl (C=O) groups is 1. The summed E-state index contributed by atoms with van der Waals surface area (Å²) in [4.78, 5) is 20.3. The van der Waals surface area contributed by atoms with Crippen LogP contribution in [0.3, 0.4) is 0 Å². The van der Waals surface area contributed by atoms with E-state index in [2.05, 4.69) is 15.3 Å². The third kappa shape index (κ3) is 6.04. The summed E-state index contributed by atoms with van der Waals surface area (Å²) < 4.78 is 43.1. The summed E-state index contributed by atoms with van der Waals surface area (Å²) in [6, 6.07) is 13.6. The van der Waals surface area contributed by atoms with Crippen molar-refractivity contribution in [3.05, 3.63) is 78.1 Å². The van der Waals surface area contributed by atoms with Crippen molar-refractivity contribution in [3.63, 3.8) is 0 Å². The van der Waals surface area contributed by atoms with E-state index in [1.54, 1.807) is 24.3 Å². The predicted octanol–water partition coefficient (Wildman–Crippen LogP) is 5.21. The molecule has 30 heavy (non-hydrogen) atoms. The highest BCUT2D eigenvalue weighted by atomic mass is 19.4. The average Bonchev–Trinajstić information content (AvgIpc) is 2.76. The number of rotatable bonds is 8. The van der Waals surface area contributed by atoms with E-state index in [1.165, 1.54) is 24.5 Å². The summed E-state index contributed by atoms with van der Waals surface area (Å²) in [5.74, 6) is 0.222. The van der Waals surface area contributed by atoms with Crippen LogP contribution >= 0.6 is 0 Å². The molecule has 0 aliphatic rings. The maximum Gasteiger partial charge on any atom is 0.416 e. The lowest BCUT2D eigenvalue weighted by Crippen LogP contribution is -2.09. The number of carbonyl (C=O) groups excluding carboxylic acids is 1. The number of hydrogen-bond donors (Lipinski definition) is 1. The van der Waals surface area contributed by atoms with Crippen LogP contribution in [0.1, 0.15) is 28.8 Å². The number of hydrogen-bond acceptors (Lipinski definition) is 5. The lowest BCUT2D eigenvalue weighted by molar-refractivity contribution is -0.137. The number of anilines is 1. The molecule has 1 N–H and O–H groups in total. The molecule has 0 amide bonds. The molecule has 0 spiro atoms. The smallest absolute Gasteiger partial charge is 0.416 e. The van der Waals surface area contributed by atoms with E-state index in [0.29, 0.717) is 42.2 Å². The normalized spacial score (nSPS) is 11.2. The van der Waals surface area contributed by atoms with E-state index in [1.807, 2.05) is 6.07 Å². The fourth-order valence-corrected chi connectivity index (χ4v) is 2.66. The number of unbranched alkanes of at least 4 members (excludes halogenated alkanes) is 1. The summed E-state index contributed by atoms with van der Waals surface area (Å²) in [7, 11) is 0. The van der Waals surface area contributed by atoms with E-state index in [0.717, 1.165) is 18.6 Å². The number of nitrogens with one attached hydrogen (secondary N) is 1.